The predicted molar refractivity (Wildman–Crippen MR) is 200 cm³/mol. The third-order valence-electron chi connectivity index (χ3n) is 11.6. The number of ether oxygens (including phenoxy) is 1. The molecule has 2 aliphatic heterocycles. The Bertz CT molecular complexity index is 2200. The van der Waals surface area contributed by atoms with E-state index in [4.69, 9.17) is 4.74 Å². The number of para-hydroxylation sites is 1. The summed E-state index contributed by atoms with van der Waals surface area (Å²) in [4.78, 5) is 62.0. The fourth-order valence-corrected chi connectivity index (χ4v) is 8.93. The summed E-state index contributed by atoms with van der Waals surface area (Å²) in [6.07, 6.45) is 2.45. The maximum absolute atomic E-state index is 14.6. The molecule has 3 fully saturated rings. The van der Waals surface area contributed by atoms with Crippen LogP contribution < -0.4 is 19.4 Å². The van der Waals surface area contributed by atoms with Crippen molar-refractivity contribution >= 4 is 52.1 Å². The van der Waals surface area contributed by atoms with Gasteiger partial charge in [-0.05, 0) is 105 Å². The molecule has 1 saturated carbocycles. The molecule has 2 saturated heterocycles. The Morgan fingerprint density at radius 2 is 1.42 bits per heavy atom. The molecule has 2 aliphatic carbocycles. The molecular formula is C42H39N5O6. The van der Waals surface area contributed by atoms with Crippen molar-refractivity contribution in [2.24, 2.45) is 39.3 Å². The van der Waals surface area contributed by atoms with Crippen molar-refractivity contribution in [3.8, 4) is 11.5 Å². The first-order valence-corrected chi connectivity index (χ1v) is 17.7. The van der Waals surface area contributed by atoms with Crippen LogP contribution >= 0.6 is 0 Å². The summed E-state index contributed by atoms with van der Waals surface area (Å²) >= 11 is 0. The Balaban J connectivity index is 1.14. The number of phenols is 1. The molecule has 0 unspecified atom stereocenters. The molecule has 4 aliphatic rings. The summed E-state index contributed by atoms with van der Waals surface area (Å²) in [7, 11) is 5.45. The predicted octanol–water partition coefficient (Wildman–Crippen LogP) is 7.32. The van der Waals surface area contributed by atoms with Crippen LogP contribution in [-0.4, -0.2) is 49.9 Å². The molecule has 11 heteroatoms. The fraction of sp³-hybridized carbons (Fsp3) is 0.286. The fourth-order valence-electron chi connectivity index (χ4n) is 8.93. The summed E-state index contributed by atoms with van der Waals surface area (Å²) in [5.41, 5.74) is 3.12. The van der Waals surface area contributed by atoms with Crippen LogP contribution in [0.4, 0.5) is 28.4 Å². The molecule has 11 nitrogen and oxygen atoms in total. The summed E-state index contributed by atoms with van der Waals surface area (Å²) < 4.78 is 5.53. The number of benzene rings is 4. The van der Waals surface area contributed by atoms with Crippen molar-refractivity contribution in [3.63, 3.8) is 0 Å². The number of phenolic OH excluding ortho intramolecular Hbond substituents is 1. The van der Waals surface area contributed by atoms with Crippen molar-refractivity contribution in [2.75, 3.05) is 35.9 Å². The number of aromatic hydroxyl groups is 1. The summed E-state index contributed by atoms with van der Waals surface area (Å²) in [6, 6.07) is 28.1. The Morgan fingerprint density at radius 3 is 2.06 bits per heavy atom. The Kier molecular flexibility index (Phi) is 8.24. The van der Waals surface area contributed by atoms with E-state index in [2.05, 4.69) is 10.2 Å². The summed E-state index contributed by atoms with van der Waals surface area (Å²) in [6.45, 7) is 1.79. The molecule has 4 amide bonds. The van der Waals surface area contributed by atoms with Gasteiger partial charge in [-0.15, -0.1) is 0 Å². The SMILES string of the molecule is COc1ccc(O)c([C@H]2C3=CC[C@@H]4C(=O)N(c5ccc(N=Nc6ccc(N(C)C)cc6)cc5)C(=O)[C@@H]4[C@@H]3C[C@H]3C(=O)N(c4ccccc4)C(=O)[C@@]23C)c1. The third kappa shape index (κ3) is 5.32. The van der Waals surface area contributed by atoms with Gasteiger partial charge in [0.25, 0.3) is 0 Å². The minimum Gasteiger partial charge on any atom is -0.508 e. The number of hydrogen-bond acceptors (Lipinski definition) is 9. The maximum Gasteiger partial charge on any atom is 0.241 e. The lowest BCUT2D eigenvalue weighted by Crippen LogP contribution is -2.48. The first-order valence-electron chi connectivity index (χ1n) is 17.7. The Morgan fingerprint density at radius 1 is 0.774 bits per heavy atom. The number of fused-ring (bicyclic) bond motifs is 4. The number of rotatable bonds is 7. The molecule has 0 aromatic heterocycles. The number of azo groups is 1. The number of methoxy groups -OCH3 is 1. The van der Waals surface area contributed by atoms with Crippen molar-refractivity contribution in [1.82, 2.24) is 0 Å². The molecule has 268 valence electrons. The number of anilines is 3. The van der Waals surface area contributed by atoms with Crippen LogP contribution in [0.15, 0.2) is 119 Å². The minimum atomic E-state index is -1.28. The van der Waals surface area contributed by atoms with Crippen molar-refractivity contribution in [3.05, 3.63) is 114 Å². The molecule has 0 radical (unpaired) electrons. The van der Waals surface area contributed by atoms with E-state index in [0.29, 0.717) is 34.1 Å². The van der Waals surface area contributed by atoms with Gasteiger partial charge in [0, 0.05) is 31.3 Å². The van der Waals surface area contributed by atoms with Gasteiger partial charge in [-0.1, -0.05) is 29.8 Å². The number of amides is 4. The van der Waals surface area contributed by atoms with Crippen LogP contribution in [0.2, 0.25) is 0 Å². The van der Waals surface area contributed by atoms with Crippen LogP contribution in [0, 0.1) is 29.1 Å². The number of carbonyl (C=O) groups is 4. The molecule has 0 spiro atoms. The highest BCUT2D eigenvalue weighted by molar-refractivity contribution is 6.25. The van der Waals surface area contributed by atoms with E-state index in [1.807, 2.05) is 55.4 Å². The highest BCUT2D eigenvalue weighted by atomic mass is 16.5. The molecule has 2 heterocycles. The van der Waals surface area contributed by atoms with Gasteiger partial charge in [-0.2, -0.15) is 10.2 Å². The number of hydrogen-bond donors (Lipinski definition) is 1. The van der Waals surface area contributed by atoms with Gasteiger partial charge >= 0.3 is 0 Å². The van der Waals surface area contributed by atoms with Gasteiger partial charge in [0.2, 0.25) is 23.6 Å². The third-order valence-corrected chi connectivity index (χ3v) is 11.6. The highest BCUT2D eigenvalue weighted by Gasteiger charge is 2.68. The lowest BCUT2D eigenvalue weighted by molar-refractivity contribution is -0.131. The van der Waals surface area contributed by atoms with Gasteiger partial charge in [0.15, 0.2) is 0 Å². The normalized spacial score (nSPS) is 26.4. The smallest absolute Gasteiger partial charge is 0.241 e. The number of nitrogens with zero attached hydrogens (tertiary/aromatic N) is 5. The Hall–Kier alpha value is -6.10. The first kappa shape index (κ1) is 34.0. The van der Waals surface area contributed by atoms with Crippen LogP contribution in [0.25, 0.3) is 0 Å². The number of allylic oxidation sites excluding steroid dienone is 2. The van der Waals surface area contributed by atoms with E-state index in [-0.39, 0.29) is 42.2 Å². The van der Waals surface area contributed by atoms with E-state index in [1.54, 1.807) is 67.6 Å². The van der Waals surface area contributed by atoms with Crippen LogP contribution in [0.3, 0.4) is 0 Å². The molecule has 53 heavy (non-hydrogen) atoms. The average molecular weight is 710 g/mol. The second-order valence-corrected chi connectivity index (χ2v) is 14.6. The number of imide groups is 2. The highest BCUT2D eigenvalue weighted by Crippen LogP contribution is 2.64. The van der Waals surface area contributed by atoms with E-state index in [9.17, 15) is 24.3 Å². The van der Waals surface area contributed by atoms with Gasteiger partial charge in [0.05, 0.1) is 53.0 Å². The molecule has 4 aromatic rings. The largest absolute Gasteiger partial charge is 0.508 e. The second kappa shape index (κ2) is 12.8. The van der Waals surface area contributed by atoms with Crippen LogP contribution in [-0.2, 0) is 19.2 Å². The first-order chi connectivity index (χ1) is 25.5. The van der Waals surface area contributed by atoms with Gasteiger partial charge in [-0.25, -0.2) is 4.90 Å². The summed E-state index contributed by atoms with van der Waals surface area (Å²) in [5, 5.41) is 20.0. The molecule has 0 bridgehead atoms. The molecular weight excluding hydrogens is 670 g/mol. The van der Waals surface area contributed by atoms with Crippen LogP contribution in [0.5, 0.6) is 11.5 Å². The van der Waals surface area contributed by atoms with Gasteiger partial charge in [0.1, 0.15) is 11.5 Å². The lowest BCUT2D eigenvalue weighted by atomic mass is 9.51. The molecule has 1 N–H and O–H groups in total. The topological polar surface area (TPSA) is 132 Å². The zero-order valence-electron chi connectivity index (χ0n) is 29.8. The molecule has 8 rings (SSSR count). The van der Waals surface area contributed by atoms with E-state index in [0.717, 1.165) is 11.3 Å². The zero-order valence-corrected chi connectivity index (χ0v) is 29.8. The van der Waals surface area contributed by atoms with Crippen molar-refractivity contribution in [1.29, 1.82) is 0 Å². The molecule has 4 aromatic carbocycles. The quantitative estimate of drug-likeness (QED) is 0.121. The van der Waals surface area contributed by atoms with E-state index >= 15 is 0 Å². The summed E-state index contributed by atoms with van der Waals surface area (Å²) in [5.74, 6) is -4.42. The zero-order chi connectivity index (χ0) is 37.2. The lowest BCUT2D eigenvalue weighted by Gasteiger charge is -2.49. The van der Waals surface area contributed by atoms with Crippen LogP contribution in [0.1, 0.15) is 31.2 Å². The van der Waals surface area contributed by atoms with Crippen molar-refractivity contribution in [2.45, 2.75) is 25.7 Å². The van der Waals surface area contributed by atoms with E-state index in [1.165, 1.54) is 23.0 Å². The standard InChI is InChI=1S/C42H39N5O6/c1-42-34(39(50)47(41(42)52)27-8-6-5-7-9-27)23-32-30(37(42)33-22-29(53-4)18-21-35(33)48)19-20-31-36(32)40(51)46(38(31)49)28-16-12-25(13-17-28)44-43-24-10-14-26(15-11-24)45(2)3/h5-19,21-22,31-32,34,36-37,48H,20,23H2,1-4H3/t31-,32+,34-,36-,37+,42+/m0/s1. The number of carbonyl (C=O) groups excluding carboxylic acids is 4. The van der Waals surface area contributed by atoms with Gasteiger partial charge in [-0.3, -0.25) is 24.1 Å². The Labute approximate surface area is 307 Å². The average Bonchev–Trinajstić information content (AvgIpc) is 3.54. The van der Waals surface area contributed by atoms with Gasteiger partial charge < -0.3 is 14.7 Å². The molecule has 6 atom stereocenters. The minimum absolute atomic E-state index is 0.0453. The van der Waals surface area contributed by atoms with Crippen molar-refractivity contribution < 1.29 is 29.0 Å². The monoisotopic (exact) mass is 709 g/mol. The second-order valence-electron chi connectivity index (χ2n) is 14.6. The maximum atomic E-state index is 14.6. The van der Waals surface area contributed by atoms with E-state index < -0.39 is 35.0 Å².